The summed E-state index contributed by atoms with van der Waals surface area (Å²) in [4.78, 5) is 0. The van der Waals surface area contributed by atoms with Gasteiger partial charge in [0.25, 0.3) is 0 Å². The third kappa shape index (κ3) is 1.68. The monoisotopic (exact) mass is 169 g/mol. The van der Waals surface area contributed by atoms with Crippen LogP contribution in [0.15, 0.2) is 24.8 Å². The highest BCUT2D eigenvalue weighted by atomic mass is 19.1. The van der Waals surface area contributed by atoms with Gasteiger partial charge in [-0.05, 0) is 23.8 Å². The molecule has 0 saturated carbocycles. The molecule has 3 heteroatoms. The standard InChI is InChI=1S/C9H9F2N/c1-6(5-12)8-4-7(10)2-3-9(8)11/h2-4H,1,5,12H2. The molecule has 0 fully saturated rings. The van der Waals surface area contributed by atoms with Crippen LogP contribution in [0.1, 0.15) is 5.56 Å². The van der Waals surface area contributed by atoms with Gasteiger partial charge in [0, 0.05) is 12.1 Å². The summed E-state index contributed by atoms with van der Waals surface area (Å²) in [6.45, 7) is 3.64. The first-order chi connectivity index (χ1) is 5.65. The van der Waals surface area contributed by atoms with Crippen LogP contribution in [0.4, 0.5) is 8.78 Å². The molecule has 1 nitrogen and oxygen atoms in total. The summed E-state index contributed by atoms with van der Waals surface area (Å²) >= 11 is 0. The number of nitrogens with two attached hydrogens (primary N) is 1. The molecule has 0 radical (unpaired) electrons. The maximum Gasteiger partial charge on any atom is 0.130 e. The van der Waals surface area contributed by atoms with Crippen LogP contribution >= 0.6 is 0 Å². The normalized spacial score (nSPS) is 9.92. The summed E-state index contributed by atoms with van der Waals surface area (Å²) in [6.07, 6.45) is 0. The Kier molecular flexibility index (Phi) is 2.55. The zero-order valence-corrected chi connectivity index (χ0v) is 6.48. The quantitative estimate of drug-likeness (QED) is 0.719. The van der Waals surface area contributed by atoms with Crippen molar-refractivity contribution in [1.29, 1.82) is 0 Å². The molecular weight excluding hydrogens is 160 g/mol. The van der Waals surface area contributed by atoms with Crippen LogP contribution in [0.25, 0.3) is 5.57 Å². The highest BCUT2D eigenvalue weighted by Crippen LogP contribution is 2.16. The Balaban J connectivity index is 3.13. The van der Waals surface area contributed by atoms with Gasteiger partial charge in [-0.2, -0.15) is 0 Å². The summed E-state index contributed by atoms with van der Waals surface area (Å²) in [5, 5.41) is 0. The Morgan fingerprint density at radius 1 is 1.42 bits per heavy atom. The second-order valence-electron chi connectivity index (χ2n) is 2.43. The lowest BCUT2D eigenvalue weighted by Crippen LogP contribution is -2.03. The number of hydrogen-bond donors (Lipinski definition) is 1. The number of hydrogen-bond acceptors (Lipinski definition) is 1. The zero-order chi connectivity index (χ0) is 9.14. The van der Waals surface area contributed by atoms with E-state index in [-0.39, 0.29) is 12.1 Å². The Labute approximate surface area is 69.5 Å². The highest BCUT2D eigenvalue weighted by Gasteiger charge is 2.05. The van der Waals surface area contributed by atoms with Crippen molar-refractivity contribution in [3.05, 3.63) is 42.0 Å². The van der Waals surface area contributed by atoms with Crippen LogP contribution in [-0.4, -0.2) is 6.54 Å². The van der Waals surface area contributed by atoms with Crippen molar-refractivity contribution in [2.75, 3.05) is 6.54 Å². The summed E-state index contributed by atoms with van der Waals surface area (Å²) in [5.74, 6) is -0.979. The van der Waals surface area contributed by atoms with E-state index in [1.54, 1.807) is 0 Å². The molecule has 0 aliphatic heterocycles. The molecule has 1 aromatic carbocycles. The number of halogens is 2. The van der Waals surface area contributed by atoms with Gasteiger partial charge in [0.15, 0.2) is 0 Å². The van der Waals surface area contributed by atoms with Crippen molar-refractivity contribution in [3.63, 3.8) is 0 Å². The third-order valence-electron chi connectivity index (χ3n) is 1.56. The molecular formula is C9H9F2N. The van der Waals surface area contributed by atoms with Gasteiger partial charge in [-0.3, -0.25) is 0 Å². The molecule has 0 atom stereocenters. The van der Waals surface area contributed by atoms with Gasteiger partial charge in [-0.25, -0.2) is 8.78 Å². The molecule has 12 heavy (non-hydrogen) atoms. The van der Waals surface area contributed by atoms with Gasteiger partial charge in [0.2, 0.25) is 0 Å². The minimum Gasteiger partial charge on any atom is -0.326 e. The van der Waals surface area contributed by atoms with Crippen LogP contribution < -0.4 is 5.73 Å². The van der Waals surface area contributed by atoms with E-state index in [4.69, 9.17) is 5.73 Å². The van der Waals surface area contributed by atoms with Gasteiger partial charge >= 0.3 is 0 Å². The maximum absolute atomic E-state index is 12.9. The van der Waals surface area contributed by atoms with Crippen molar-refractivity contribution in [3.8, 4) is 0 Å². The van der Waals surface area contributed by atoms with Crippen molar-refractivity contribution in [1.82, 2.24) is 0 Å². The summed E-state index contributed by atoms with van der Waals surface area (Å²) in [6, 6.07) is 3.21. The molecule has 0 bridgehead atoms. The topological polar surface area (TPSA) is 26.0 Å². The molecule has 0 aliphatic carbocycles. The molecule has 0 aromatic heterocycles. The van der Waals surface area contributed by atoms with Crippen LogP contribution in [0.3, 0.4) is 0 Å². The van der Waals surface area contributed by atoms with Gasteiger partial charge in [0.05, 0.1) is 0 Å². The fraction of sp³-hybridized carbons (Fsp3) is 0.111. The van der Waals surface area contributed by atoms with Crippen LogP contribution in [0.2, 0.25) is 0 Å². The Morgan fingerprint density at radius 3 is 2.67 bits per heavy atom. The molecule has 0 aliphatic rings. The van der Waals surface area contributed by atoms with Gasteiger partial charge in [-0.15, -0.1) is 0 Å². The Bertz CT molecular complexity index is 307. The van der Waals surface area contributed by atoms with Crippen LogP contribution in [-0.2, 0) is 0 Å². The summed E-state index contributed by atoms with van der Waals surface area (Å²) < 4.78 is 25.5. The van der Waals surface area contributed by atoms with Crippen LogP contribution in [0, 0.1) is 11.6 Å². The van der Waals surface area contributed by atoms with Gasteiger partial charge < -0.3 is 5.73 Å². The smallest absolute Gasteiger partial charge is 0.130 e. The van der Waals surface area contributed by atoms with Crippen molar-refractivity contribution in [2.45, 2.75) is 0 Å². The molecule has 0 heterocycles. The van der Waals surface area contributed by atoms with Crippen molar-refractivity contribution < 1.29 is 8.78 Å². The molecule has 0 saturated heterocycles. The minimum absolute atomic E-state index is 0.125. The minimum atomic E-state index is -0.494. The summed E-state index contributed by atoms with van der Waals surface area (Å²) in [5.41, 5.74) is 5.78. The van der Waals surface area contributed by atoms with Gasteiger partial charge in [-0.1, -0.05) is 6.58 Å². The zero-order valence-electron chi connectivity index (χ0n) is 6.48. The van der Waals surface area contributed by atoms with E-state index in [0.29, 0.717) is 5.57 Å². The second kappa shape index (κ2) is 3.45. The van der Waals surface area contributed by atoms with E-state index in [2.05, 4.69) is 6.58 Å². The first-order valence-electron chi connectivity index (χ1n) is 3.48. The fourth-order valence-electron chi connectivity index (χ4n) is 0.878. The van der Waals surface area contributed by atoms with Gasteiger partial charge in [0.1, 0.15) is 11.6 Å². The SMILES string of the molecule is C=C(CN)c1cc(F)ccc1F. The second-order valence-corrected chi connectivity index (χ2v) is 2.43. The lowest BCUT2D eigenvalue weighted by Gasteiger charge is -2.03. The lowest BCUT2D eigenvalue weighted by molar-refractivity contribution is 0.596. The van der Waals surface area contributed by atoms with Crippen LogP contribution in [0.5, 0.6) is 0 Å². The average Bonchev–Trinajstić information content (AvgIpc) is 2.08. The predicted octanol–water partition coefficient (Wildman–Crippen LogP) is 1.94. The average molecular weight is 169 g/mol. The number of rotatable bonds is 2. The number of benzene rings is 1. The largest absolute Gasteiger partial charge is 0.326 e. The van der Waals surface area contributed by atoms with E-state index in [1.807, 2.05) is 0 Å². The van der Waals surface area contributed by atoms with E-state index >= 15 is 0 Å². The third-order valence-corrected chi connectivity index (χ3v) is 1.56. The lowest BCUT2D eigenvalue weighted by atomic mass is 10.1. The molecule has 0 unspecified atom stereocenters. The Hall–Kier alpha value is -1.22. The molecule has 64 valence electrons. The first-order valence-corrected chi connectivity index (χ1v) is 3.48. The van der Waals surface area contributed by atoms with Crippen molar-refractivity contribution in [2.24, 2.45) is 5.73 Å². The molecule has 1 rings (SSSR count). The molecule has 2 N–H and O–H groups in total. The molecule has 0 amide bonds. The van der Waals surface area contributed by atoms with E-state index < -0.39 is 11.6 Å². The molecule has 0 spiro atoms. The van der Waals surface area contributed by atoms with E-state index in [0.717, 1.165) is 18.2 Å². The maximum atomic E-state index is 12.9. The molecule has 1 aromatic rings. The predicted molar refractivity (Wildman–Crippen MR) is 44.4 cm³/mol. The van der Waals surface area contributed by atoms with E-state index in [1.165, 1.54) is 0 Å². The highest BCUT2D eigenvalue weighted by molar-refractivity contribution is 5.64. The van der Waals surface area contributed by atoms with E-state index in [9.17, 15) is 8.78 Å². The first kappa shape index (κ1) is 8.87. The van der Waals surface area contributed by atoms with Crippen molar-refractivity contribution >= 4 is 5.57 Å². The fourth-order valence-corrected chi connectivity index (χ4v) is 0.878. The Morgan fingerprint density at radius 2 is 2.08 bits per heavy atom. The summed E-state index contributed by atoms with van der Waals surface area (Å²) in [7, 11) is 0.